The number of nitrogens with one attached hydrogen (secondary N) is 2. The smallest absolute Gasteiger partial charge is 0.251 e. The van der Waals surface area contributed by atoms with Crippen LogP contribution in [0.1, 0.15) is 37.0 Å². The molecule has 104 valence electrons. The van der Waals surface area contributed by atoms with Crippen molar-refractivity contribution in [3.8, 4) is 0 Å². The van der Waals surface area contributed by atoms with Crippen LogP contribution in [-0.4, -0.2) is 24.4 Å². The van der Waals surface area contributed by atoms with E-state index in [0.717, 1.165) is 0 Å². The highest BCUT2D eigenvalue weighted by Crippen LogP contribution is 2.11. The molecule has 0 atom stereocenters. The van der Waals surface area contributed by atoms with E-state index in [2.05, 4.69) is 10.6 Å². The average molecular weight is 263 g/mol. The Hall–Kier alpha value is -1.88. The Bertz CT molecular complexity index is 444. The van der Waals surface area contributed by atoms with Crippen LogP contribution in [0.5, 0.6) is 0 Å². The first-order valence-electron chi connectivity index (χ1n) is 6.43. The summed E-state index contributed by atoms with van der Waals surface area (Å²) in [5.74, 6) is -0.236. The van der Waals surface area contributed by atoms with Crippen LogP contribution in [0.4, 0.5) is 5.69 Å². The van der Waals surface area contributed by atoms with E-state index in [-0.39, 0.29) is 17.9 Å². The number of nitrogens with two attached hydrogens (primary N) is 1. The number of anilines is 1. The number of hydrogen-bond donors (Lipinski definition) is 3. The van der Waals surface area contributed by atoms with Crippen molar-refractivity contribution in [2.75, 3.05) is 11.9 Å². The number of carbonyl (C=O) groups excluding carboxylic acids is 2. The largest absolute Gasteiger partial charge is 0.350 e. The molecular formula is C14H21N3O2. The van der Waals surface area contributed by atoms with Crippen molar-refractivity contribution in [2.24, 2.45) is 5.73 Å². The molecular weight excluding hydrogens is 242 g/mol. The van der Waals surface area contributed by atoms with Gasteiger partial charge in [-0.3, -0.25) is 9.59 Å². The maximum atomic E-state index is 11.8. The molecule has 0 radical (unpaired) electrons. The van der Waals surface area contributed by atoms with Crippen molar-refractivity contribution in [2.45, 2.75) is 32.7 Å². The Morgan fingerprint density at radius 3 is 2.68 bits per heavy atom. The van der Waals surface area contributed by atoms with Crippen LogP contribution in [0.25, 0.3) is 0 Å². The molecule has 1 rings (SSSR count). The van der Waals surface area contributed by atoms with E-state index < -0.39 is 0 Å². The van der Waals surface area contributed by atoms with Gasteiger partial charge in [-0.25, -0.2) is 0 Å². The summed E-state index contributed by atoms with van der Waals surface area (Å²) in [6.07, 6.45) is 1.04. The first kappa shape index (κ1) is 15.2. The minimum Gasteiger partial charge on any atom is -0.350 e. The molecule has 4 N–H and O–H groups in total. The van der Waals surface area contributed by atoms with E-state index >= 15 is 0 Å². The lowest BCUT2D eigenvalue weighted by atomic mass is 10.1. The molecule has 0 saturated carbocycles. The van der Waals surface area contributed by atoms with Crippen molar-refractivity contribution in [1.29, 1.82) is 0 Å². The van der Waals surface area contributed by atoms with Gasteiger partial charge in [-0.05, 0) is 45.0 Å². The number of benzene rings is 1. The summed E-state index contributed by atoms with van der Waals surface area (Å²) < 4.78 is 0. The summed E-state index contributed by atoms with van der Waals surface area (Å²) in [7, 11) is 0. The van der Waals surface area contributed by atoms with E-state index in [1.54, 1.807) is 24.3 Å². The summed E-state index contributed by atoms with van der Waals surface area (Å²) in [6, 6.07) is 6.96. The number of hydrogen-bond acceptors (Lipinski definition) is 3. The summed E-state index contributed by atoms with van der Waals surface area (Å²) in [6.45, 7) is 4.29. The standard InChI is InChI=1S/C14H21N3O2/c1-10(2)16-14(19)11-5-3-6-12(9-11)17-13(18)7-4-8-15/h3,5-6,9-10H,4,7-8,15H2,1-2H3,(H,16,19)(H,17,18). The molecule has 0 aliphatic carbocycles. The molecule has 0 saturated heterocycles. The zero-order valence-corrected chi connectivity index (χ0v) is 11.4. The third-order valence-corrected chi connectivity index (χ3v) is 2.44. The van der Waals surface area contributed by atoms with Crippen molar-refractivity contribution >= 4 is 17.5 Å². The summed E-state index contributed by atoms with van der Waals surface area (Å²) in [5, 5.41) is 5.56. The SMILES string of the molecule is CC(C)NC(=O)c1cccc(NC(=O)CCCN)c1. The van der Waals surface area contributed by atoms with Crippen LogP contribution in [-0.2, 0) is 4.79 Å². The maximum Gasteiger partial charge on any atom is 0.251 e. The van der Waals surface area contributed by atoms with Gasteiger partial charge in [0.15, 0.2) is 0 Å². The van der Waals surface area contributed by atoms with E-state index in [9.17, 15) is 9.59 Å². The monoisotopic (exact) mass is 263 g/mol. The molecule has 0 aliphatic heterocycles. The van der Waals surface area contributed by atoms with Crippen LogP contribution < -0.4 is 16.4 Å². The van der Waals surface area contributed by atoms with E-state index in [4.69, 9.17) is 5.73 Å². The first-order valence-corrected chi connectivity index (χ1v) is 6.43. The molecule has 0 aliphatic rings. The van der Waals surface area contributed by atoms with Crippen molar-refractivity contribution in [3.63, 3.8) is 0 Å². The number of amides is 2. The lowest BCUT2D eigenvalue weighted by Gasteiger charge is -2.10. The fraction of sp³-hybridized carbons (Fsp3) is 0.429. The van der Waals surface area contributed by atoms with Crippen LogP contribution in [0.15, 0.2) is 24.3 Å². The molecule has 19 heavy (non-hydrogen) atoms. The Balaban J connectivity index is 2.66. The summed E-state index contributed by atoms with van der Waals surface area (Å²) in [5.41, 5.74) is 6.50. The van der Waals surface area contributed by atoms with Crippen LogP contribution in [0, 0.1) is 0 Å². The molecule has 0 spiro atoms. The van der Waals surface area contributed by atoms with Gasteiger partial charge in [0.25, 0.3) is 5.91 Å². The Kier molecular flexibility index (Phi) is 6.02. The number of rotatable bonds is 6. The van der Waals surface area contributed by atoms with Gasteiger partial charge in [-0.1, -0.05) is 6.07 Å². The van der Waals surface area contributed by atoms with E-state index in [1.807, 2.05) is 13.8 Å². The third-order valence-electron chi connectivity index (χ3n) is 2.44. The fourth-order valence-corrected chi connectivity index (χ4v) is 1.57. The molecule has 0 fully saturated rings. The first-order chi connectivity index (χ1) is 9.02. The lowest BCUT2D eigenvalue weighted by Crippen LogP contribution is -2.30. The highest BCUT2D eigenvalue weighted by molar-refractivity contribution is 5.97. The van der Waals surface area contributed by atoms with Crippen molar-refractivity contribution in [3.05, 3.63) is 29.8 Å². The maximum absolute atomic E-state index is 11.8. The highest BCUT2D eigenvalue weighted by atomic mass is 16.2. The van der Waals surface area contributed by atoms with Gasteiger partial charge in [0.2, 0.25) is 5.91 Å². The lowest BCUT2D eigenvalue weighted by molar-refractivity contribution is -0.116. The molecule has 1 aromatic carbocycles. The van der Waals surface area contributed by atoms with E-state index in [0.29, 0.717) is 30.6 Å². The topological polar surface area (TPSA) is 84.2 Å². The average Bonchev–Trinajstić information content (AvgIpc) is 2.36. The minimum atomic E-state index is -0.145. The van der Waals surface area contributed by atoms with Crippen LogP contribution >= 0.6 is 0 Å². The van der Waals surface area contributed by atoms with E-state index in [1.165, 1.54) is 0 Å². The highest BCUT2D eigenvalue weighted by Gasteiger charge is 2.08. The molecule has 1 aromatic rings. The third kappa shape index (κ3) is 5.52. The quantitative estimate of drug-likeness (QED) is 0.727. The van der Waals surface area contributed by atoms with Crippen LogP contribution in [0.2, 0.25) is 0 Å². The zero-order chi connectivity index (χ0) is 14.3. The summed E-state index contributed by atoms with van der Waals surface area (Å²) >= 11 is 0. The van der Waals surface area contributed by atoms with Gasteiger partial charge >= 0.3 is 0 Å². The minimum absolute atomic E-state index is 0.0790. The zero-order valence-electron chi connectivity index (χ0n) is 11.4. The van der Waals surface area contributed by atoms with Gasteiger partial charge in [-0.15, -0.1) is 0 Å². The second-order valence-corrected chi connectivity index (χ2v) is 4.65. The predicted molar refractivity (Wildman–Crippen MR) is 76.0 cm³/mol. The Morgan fingerprint density at radius 2 is 2.05 bits per heavy atom. The molecule has 2 amide bonds. The van der Waals surface area contributed by atoms with Crippen molar-refractivity contribution in [1.82, 2.24) is 5.32 Å². The molecule has 0 heterocycles. The van der Waals surface area contributed by atoms with Gasteiger partial charge in [0.1, 0.15) is 0 Å². The molecule has 0 bridgehead atoms. The molecule has 0 unspecified atom stereocenters. The molecule has 5 nitrogen and oxygen atoms in total. The predicted octanol–water partition coefficient (Wildman–Crippen LogP) is 1.50. The Morgan fingerprint density at radius 1 is 1.32 bits per heavy atom. The molecule has 5 heteroatoms. The number of carbonyl (C=O) groups is 2. The second kappa shape index (κ2) is 7.53. The van der Waals surface area contributed by atoms with Gasteiger partial charge in [0.05, 0.1) is 0 Å². The molecule has 0 aromatic heterocycles. The van der Waals surface area contributed by atoms with Gasteiger partial charge in [0, 0.05) is 23.7 Å². The van der Waals surface area contributed by atoms with Crippen molar-refractivity contribution < 1.29 is 9.59 Å². The van der Waals surface area contributed by atoms with Gasteiger partial charge < -0.3 is 16.4 Å². The normalized spacial score (nSPS) is 10.3. The van der Waals surface area contributed by atoms with Gasteiger partial charge in [-0.2, -0.15) is 0 Å². The second-order valence-electron chi connectivity index (χ2n) is 4.65. The van der Waals surface area contributed by atoms with Crippen LogP contribution in [0.3, 0.4) is 0 Å². The Labute approximate surface area is 113 Å². The summed E-state index contributed by atoms with van der Waals surface area (Å²) in [4.78, 5) is 23.4. The fourth-order valence-electron chi connectivity index (χ4n) is 1.57.